The summed E-state index contributed by atoms with van der Waals surface area (Å²) in [6.45, 7) is 5.66. The molecule has 26 heavy (non-hydrogen) atoms. The summed E-state index contributed by atoms with van der Waals surface area (Å²) in [7, 11) is 1.96. The minimum atomic E-state index is 0.0842. The molecule has 2 atom stereocenters. The molecule has 0 unspecified atom stereocenters. The Labute approximate surface area is 155 Å². The number of ether oxygens (including phenoxy) is 1. The van der Waals surface area contributed by atoms with Crippen LogP contribution in [0.5, 0.6) is 0 Å². The van der Waals surface area contributed by atoms with Gasteiger partial charge in [-0.1, -0.05) is 0 Å². The van der Waals surface area contributed by atoms with Crippen LogP contribution in [0.15, 0.2) is 12.1 Å². The fourth-order valence-electron chi connectivity index (χ4n) is 4.93. The number of carbonyl (C=O) groups is 2. The van der Waals surface area contributed by atoms with Crippen LogP contribution in [-0.4, -0.2) is 59.0 Å². The molecule has 0 saturated carbocycles. The maximum Gasteiger partial charge on any atom is 0.270 e. The fraction of sp³-hybridized carbons (Fsp3) is 0.700. The Morgan fingerprint density at radius 1 is 1.19 bits per heavy atom. The van der Waals surface area contributed by atoms with Gasteiger partial charge in [-0.15, -0.1) is 0 Å². The quantitative estimate of drug-likeness (QED) is 0.814. The summed E-state index contributed by atoms with van der Waals surface area (Å²) < 4.78 is 7.58. The molecule has 0 bridgehead atoms. The van der Waals surface area contributed by atoms with Crippen molar-refractivity contribution in [1.29, 1.82) is 0 Å². The van der Waals surface area contributed by atoms with Crippen LogP contribution in [0.4, 0.5) is 0 Å². The van der Waals surface area contributed by atoms with Crippen molar-refractivity contribution in [3.63, 3.8) is 0 Å². The normalized spacial score (nSPS) is 28.9. The lowest BCUT2D eigenvalue weighted by Gasteiger charge is -2.35. The topological polar surface area (TPSA) is 54.8 Å². The van der Waals surface area contributed by atoms with Crippen molar-refractivity contribution in [3.8, 4) is 0 Å². The standard InChI is InChI=1S/C20H29N3O3/c1-15(24)23-10-4-3-5-17(23)16-6-7-18(21(16)2)19(25)22-11-8-20(13-22)9-12-26-14-20/h6-7,17H,3-5,8-14H2,1-2H3/t17-,20-/m1/s1. The zero-order valence-corrected chi connectivity index (χ0v) is 15.9. The molecule has 0 N–H and O–H groups in total. The predicted octanol–water partition coefficient (Wildman–Crippen LogP) is 2.35. The van der Waals surface area contributed by atoms with Gasteiger partial charge in [0.1, 0.15) is 5.69 Å². The fourth-order valence-corrected chi connectivity index (χ4v) is 4.93. The van der Waals surface area contributed by atoms with E-state index in [4.69, 9.17) is 4.74 Å². The predicted molar refractivity (Wildman–Crippen MR) is 97.8 cm³/mol. The van der Waals surface area contributed by atoms with Crippen LogP contribution >= 0.6 is 0 Å². The third kappa shape index (κ3) is 2.94. The molecule has 1 aromatic heterocycles. The number of carbonyl (C=O) groups excluding carboxylic acids is 2. The van der Waals surface area contributed by atoms with Crippen LogP contribution < -0.4 is 0 Å². The van der Waals surface area contributed by atoms with E-state index < -0.39 is 0 Å². The monoisotopic (exact) mass is 359 g/mol. The van der Waals surface area contributed by atoms with Crippen molar-refractivity contribution >= 4 is 11.8 Å². The Hall–Kier alpha value is -1.82. The highest BCUT2D eigenvalue weighted by molar-refractivity contribution is 5.93. The van der Waals surface area contributed by atoms with Crippen LogP contribution in [0.2, 0.25) is 0 Å². The van der Waals surface area contributed by atoms with E-state index in [0.717, 1.165) is 76.3 Å². The largest absolute Gasteiger partial charge is 0.381 e. The molecular weight excluding hydrogens is 330 g/mol. The summed E-state index contributed by atoms with van der Waals surface area (Å²) in [6, 6.07) is 4.05. The van der Waals surface area contributed by atoms with Gasteiger partial charge in [0.25, 0.3) is 5.91 Å². The van der Waals surface area contributed by atoms with Crippen LogP contribution in [-0.2, 0) is 16.6 Å². The summed E-state index contributed by atoms with van der Waals surface area (Å²) in [5.41, 5.74) is 1.98. The number of hydrogen-bond acceptors (Lipinski definition) is 3. The van der Waals surface area contributed by atoms with Crippen LogP contribution in [0, 0.1) is 5.41 Å². The molecule has 4 rings (SSSR count). The van der Waals surface area contributed by atoms with Crippen LogP contribution in [0.25, 0.3) is 0 Å². The van der Waals surface area contributed by atoms with Gasteiger partial charge in [-0.3, -0.25) is 9.59 Å². The highest BCUT2D eigenvalue weighted by atomic mass is 16.5. The van der Waals surface area contributed by atoms with E-state index >= 15 is 0 Å². The molecule has 142 valence electrons. The minimum absolute atomic E-state index is 0.0842. The first-order chi connectivity index (χ1) is 12.5. The van der Waals surface area contributed by atoms with Gasteiger partial charge in [-0.05, 0) is 44.2 Å². The molecule has 4 heterocycles. The number of amides is 2. The third-order valence-electron chi connectivity index (χ3n) is 6.54. The molecule has 3 aliphatic heterocycles. The summed E-state index contributed by atoms with van der Waals surface area (Å²) in [4.78, 5) is 29.1. The summed E-state index contributed by atoms with van der Waals surface area (Å²) in [5.74, 6) is 0.221. The molecule has 6 heteroatoms. The van der Waals surface area contributed by atoms with E-state index in [9.17, 15) is 9.59 Å². The van der Waals surface area contributed by atoms with E-state index in [-0.39, 0.29) is 23.3 Å². The van der Waals surface area contributed by atoms with Gasteiger partial charge in [-0.2, -0.15) is 0 Å². The van der Waals surface area contributed by atoms with Gasteiger partial charge in [0.2, 0.25) is 5.91 Å². The first kappa shape index (κ1) is 17.6. The van der Waals surface area contributed by atoms with Gasteiger partial charge in [0.15, 0.2) is 0 Å². The zero-order valence-electron chi connectivity index (χ0n) is 15.9. The molecule has 3 saturated heterocycles. The molecule has 6 nitrogen and oxygen atoms in total. The molecule has 0 radical (unpaired) electrons. The van der Waals surface area contributed by atoms with E-state index in [0.29, 0.717) is 0 Å². The number of piperidine rings is 1. The van der Waals surface area contributed by atoms with E-state index in [1.165, 1.54) is 0 Å². The Morgan fingerprint density at radius 3 is 2.77 bits per heavy atom. The highest BCUT2D eigenvalue weighted by Crippen LogP contribution is 2.39. The van der Waals surface area contributed by atoms with Gasteiger partial charge in [0, 0.05) is 51.3 Å². The maximum absolute atomic E-state index is 13.1. The van der Waals surface area contributed by atoms with Crippen molar-refractivity contribution in [2.24, 2.45) is 12.5 Å². The Morgan fingerprint density at radius 2 is 2.04 bits per heavy atom. The first-order valence-electron chi connectivity index (χ1n) is 9.81. The lowest BCUT2D eigenvalue weighted by Crippen LogP contribution is -2.38. The van der Waals surface area contributed by atoms with Crippen molar-refractivity contribution in [3.05, 3.63) is 23.5 Å². The number of nitrogens with zero attached hydrogens (tertiary/aromatic N) is 3. The van der Waals surface area contributed by atoms with Crippen molar-refractivity contribution in [1.82, 2.24) is 14.4 Å². The number of aromatic nitrogens is 1. The third-order valence-corrected chi connectivity index (χ3v) is 6.54. The molecular formula is C20H29N3O3. The lowest BCUT2D eigenvalue weighted by atomic mass is 9.87. The van der Waals surface area contributed by atoms with Gasteiger partial charge in [0.05, 0.1) is 12.6 Å². The van der Waals surface area contributed by atoms with Crippen LogP contribution in [0.1, 0.15) is 61.3 Å². The van der Waals surface area contributed by atoms with Gasteiger partial charge in [-0.25, -0.2) is 0 Å². The molecule has 3 aliphatic rings. The molecule has 2 amide bonds. The number of hydrogen-bond donors (Lipinski definition) is 0. The SMILES string of the molecule is CC(=O)N1CCCC[C@@H]1c1ccc(C(=O)N2CC[C@@]3(CCOC3)C2)n1C. The van der Waals surface area contributed by atoms with E-state index in [1.807, 2.05) is 33.5 Å². The average Bonchev–Trinajstić information content (AvgIpc) is 3.36. The molecule has 1 aromatic rings. The highest BCUT2D eigenvalue weighted by Gasteiger charge is 2.43. The Kier molecular flexibility index (Phi) is 4.55. The molecule has 3 fully saturated rings. The lowest BCUT2D eigenvalue weighted by molar-refractivity contribution is -0.132. The minimum Gasteiger partial charge on any atom is -0.381 e. The van der Waals surface area contributed by atoms with E-state index in [2.05, 4.69) is 0 Å². The van der Waals surface area contributed by atoms with Crippen molar-refractivity contribution < 1.29 is 14.3 Å². The summed E-state index contributed by atoms with van der Waals surface area (Å²) in [5, 5.41) is 0. The van der Waals surface area contributed by atoms with Crippen molar-refractivity contribution in [2.75, 3.05) is 32.8 Å². The van der Waals surface area contributed by atoms with Gasteiger partial charge >= 0.3 is 0 Å². The smallest absolute Gasteiger partial charge is 0.270 e. The van der Waals surface area contributed by atoms with Crippen LogP contribution in [0.3, 0.4) is 0 Å². The average molecular weight is 359 g/mol. The summed E-state index contributed by atoms with van der Waals surface area (Å²) in [6.07, 6.45) is 5.25. The second kappa shape index (κ2) is 6.72. The molecule has 0 aromatic carbocycles. The Balaban J connectivity index is 1.53. The van der Waals surface area contributed by atoms with Crippen molar-refractivity contribution in [2.45, 2.75) is 45.1 Å². The second-order valence-electron chi connectivity index (χ2n) is 8.21. The second-order valence-corrected chi connectivity index (χ2v) is 8.21. The molecule has 1 spiro atoms. The number of likely N-dealkylation sites (tertiary alicyclic amines) is 2. The van der Waals surface area contributed by atoms with E-state index in [1.54, 1.807) is 6.92 Å². The first-order valence-corrected chi connectivity index (χ1v) is 9.81. The molecule has 0 aliphatic carbocycles. The number of rotatable bonds is 2. The summed E-state index contributed by atoms with van der Waals surface area (Å²) >= 11 is 0. The Bertz CT molecular complexity index is 705. The maximum atomic E-state index is 13.1. The zero-order chi connectivity index (χ0) is 18.3. The van der Waals surface area contributed by atoms with Gasteiger partial charge < -0.3 is 19.1 Å².